The monoisotopic (exact) mass is 417 g/mol. The summed E-state index contributed by atoms with van der Waals surface area (Å²) >= 11 is 0. The third kappa shape index (κ3) is 5.39. The van der Waals surface area contributed by atoms with Crippen LogP contribution >= 0.6 is 0 Å². The fourth-order valence-electron chi connectivity index (χ4n) is 4.53. The number of hydrogen-bond acceptors (Lipinski definition) is 4. The number of carbonyl (C=O) groups is 1. The van der Waals surface area contributed by atoms with Crippen molar-refractivity contribution in [3.63, 3.8) is 0 Å². The number of rotatable bonds is 9. The lowest BCUT2D eigenvalue weighted by Crippen LogP contribution is -2.32. The summed E-state index contributed by atoms with van der Waals surface area (Å²) < 4.78 is 2.11. The molecule has 6 nitrogen and oxygen atoms in total. The Morgan fingerprint density at radius 3 is 2.97 bits per heavy atom. The van der Waals surface area contributed by atoms with Crippen molar-refractivity contribution in [1.29, 1.82) is 0 Å². The molecule has 0 aliphatic heterocycles. The van der Waals surface area contributed by atoms with Gasteiger partial charge in [0.25, 0.3) is 0 Å². The first-order valence-electron chi connectivity index (χ1n) is 11.1. The number of benzene rings is 1. The lowest BCUT2D eigenvalue weighted by Gasteiger charge is -2.31. The van der Waals surface area contributed by atoms with Crippen LogP contribution in [0.1, 0.15) is 53.4 Å². The number of pyridine rings is 1. The van der Waals surface area contributed by atoms with Crippen LogP contribution in [0.5, 0.6) is 0 Å². The summed E-state index contributed by atoms with van der Waals surface area (Å²) in [5.74, 6) is 0. The lowest BCUT2D eigenvalue weighted by molar-refractivity contribution is -0.109. The lowest BCUT2D eigenvalue weighted by atomic mass is 10.0. The number of carbonyl (C=O) groups excluding carboxylic acids is 1. The van der Waals surface area contributed by atoms with Gasteiger partial charge in [-0.15, -0.1) is 0 Å². The zero-order valence-corrected chi connectivity index (χ0v) is 18.2. The summed E-state index contributed by atoms with van der Waals surface area (Å²) in [6.45, 7) is 2.36. The Labute approximate surface area is 184 Å². The van der Waals surface area contributed by atoms with Crippen LogP contribution in [0.3, 0.4) is 0 Å². The fraction of sp³-hybridized carbons (Fsp3) is 0.400. The maximum absolute atomic E-state index is 10.6. The molecule has 1 amide bonds. The van der Waals surface area contributed by atoms with Crippen LogP contribution < -0.4 is 5.32 Å². The van der Waals surface area contributed by atoms with Crippen molar-refractivity contribution in [2.75, 3.05) is 6.54 Å². The second-order valence-electron chi connectivity index (χ2n) is 8.34. The topological polar surface area (TPSA) is 63.1 Å². The van der Waals surface area contributed by atoms with E-state index in [9.17, 15) is 4.79 Å². The van der Waals surface area contributed by atoms with E-state index in [1.165, 1.54) is 35.4 Å². The minimum atomic E-state index is 0.313. The average Bonchev–Trinajstić information content (AvgIpc) is 3.08. The van der Waals surface area contributed by atoms with Gasteiger partial charge in [-0.2, -0.15) is 0 Å². The van der Waals surface area contributed by atoms with Gasteiger partial charge in [0.1, 0.15) is 0 Å². The molecule has 2 aromatic heterocycles. The average molecular weight is 418 g/mol. The van der Waals surface area contributed by atoms with Gasteiger partial charge in [-0.3, -0.25) is 14.7 Å². The first-order chi connectivity index (χ1) is 15.2. The van der Waals surface area contributed by atoms with Gasteiger partial charge in [-0.25, -0.2) is 4.98 Å². The Balaban J connectivity index is 1.57. The number of amides is 1. The van der Waals surface area contributed by atoms with Crippen LogP contribution in [-0.4, -0.2) is 32.4 Å². The molecular formula is C25H31N5O. The number of aryl methyl sites for hydroxylation is 2. The highest BCUT2D eigenvalue weighted by Crippen LogP contribution is 2.33. The molecule has 3 aromatic rings. The van der Waals surface area contributed by atoms with Crippen molar-refractivity contribution in [3.8, 4) is 0 Å². The maximum atomic E-state index is 10.6. The quantitative estimate of drug-likeness (QED) is 0.427. The maximum Gasteiger partial charge on any atom is 0.207 e. The first kappa shape index (κ1) is 21.2. The Bertz CT molecular complexity index is 999. The zero-order chi connectivity index (χ0) is 21.5. The van der Waals surface area contributed by atoms with E-state index in [4.69, 9.17) is 4.98 Å². The second kappa shape index (κ2) is 10.4. The number of nitrogens with one attached hydrogen (secondary N) is 1. The molecular weight excluding hydrogens is 386 g/mol. The molecule has 0 fully saturated rings. The second-order valence-corrected chi connectivity index (χ2v) is 8.34. The summed E-state index contributed by atoms with van der Waals surface area (Å²) in [5.41, 5.74) is 6.26. The van der Waals surface area contributed by atoms with Gasteiger partial charge in [-0.1, -0.05) is 36.8 Å². The Kier molecular flexibility index (Phi) is 7.10. The Morgan fingerprint density at radius 1 is 1.23 bits per heavy atom. The molecule has 1 unspecified atom stereocenters. The molecule has 0 radical (unpaired) electrons. The summed E-state index contributed by atoms with van der Waals surface area (Å²) in [6, 6.07) is 13.1. The highest BCUT2D eigenvalue weighted by molar-refractivity contribution is 5.46. The summed E-state index contributed by atoms with van der Waals surface area (Å²) in [6.07, 6.45) is 12.2. The van der Waals surface area contributed by atoms with Gasteiger partial charge in [0, 0.05) is 39.1 Å². The van der Waals surface area contributed by atoms with E-state index in [0.717, 1.165) is 44.3 Å². The minimum absolute atomic E-state index is 0.313. The van der Waals surface area contributed by atoms with E-state index < -0.39 is 0 Å². The molecule has 0 saturated carbocycles. The summed E-state index contributed by atoms with van der Waals surface area (Å²) in [7, 11) is 2.06. The molecule has 2 heterocycles. The van der Waals surface area contributed by atoms with E-state index >= 15 is 0 Å². The molecule has 1 aliphatic carbocycles. The van der Waals surface area contributed by atoms with E-state index in [1.807, 2.05) is 18.7 Å². The SMILES string of the molecule is Cn1cncc1CN(CCc1cccc(CNC=O)c1)C1CCCCc2cccnc21. The zero-order valence-electron chi connectivity index (χ0n) is 18.2. The highest BCUT2D eigenvalue weighted by Gasteiger charge is 2.26. The molecule has 1 N–H and O–H groups in total. The van der Waals surface area contributed by atoms with Crippen molar-refractivity contribution < 1.29 is 4.79 Å². The Morgan fingerprint density at radius 2 is 2.13 bits per heavy atom. The highest BCUT2D eigenvalue weighted by atomic mass is 16.1. The number of fused-ring (bicyclic) bond motifs is 1. The molecule has 0 saturated heterocycles. The van der Waals surface area contributed by atoms with E-state index in [0.29, 0.717) is 12.6 Å². The fourth-order valence-corrected chi connectivity index (χ4v) is 4.53. The number of hydrogen-bond donors (Lipinski definition) is 1. The van der Waals surface area contributed by atoms with Gasteiger partial charge < -0.3 is 9.88 Å². The summed E-state index contributed by atoms with van der Waals surface area (Å²) in [4.78, 5) is 22.4. The van der Waals surface area contributed by atoms with Gasteiger partial charge in [0.2, 0.25) is 6.41 Å². The van der Waals surface area contributed by atoms with Crippen LogP contribution in [-0.2, 0) is 37.8 Å². The van der Waals surface area contributed by atoms with E-state index in [1.54, 1.807) is 0 Å². The van der Waals surface area contributed by atoms with Crippen molar-refractivity contribution in [2.45, 2.75) is 51.2 Å². The number of aromatic nitrogens is 3. The third-order valence-corrected chi connectivity index (χ3v) is 6.21. The smallest absolute Gasteiger partial charge is 0.207 e. The number of imidazole rings is 1. The molecule has 0 bridgehead atoms. The minimum Gasteiger partial charge on any atom is -0.355 e. The van der Waals surface area contributed by atoms with Gasteiger partial charge in [0.15, 0.2) is 0 Å². The molecule has 162 valence electrons. The Hall–Kier alpha value is -2.99. The molecule has 0 spiro atoms. The van der Waals surface area contributed by atoms with Crippen LogP contribution in [0.25, 0.3) is 0 Å². The molecule has 1 aromatic carbocycles. The van der Waals surface area contributed by atoms with Gasteiger partial charge in [-0.05, 0) is 48.4 Å². The van der Waals surface area contributed by atoms with Crippen molar-refractivity contribution in [2.24, 2.45) is 7.05 Å². The summed E-state index contributed by atoms with van der Waals surface area (Å²) in [5, 5.41) is 2.75. The standard InChI is InChI=1S/C25H31N5O/c1-29-18-26-16-23(29)17-30(13-11-20-6-4-7-21(14-20)15-27-19-31)24-10-3-2-8-22-9-5-12-28-25(22)24/h4-7,9,12,14,16,18-19,24H,2-3,8,10-11,13,15,17H2,1H3,(H,27,31). The number of nitrogens with zero attached hydrogens (tertiary/aromatic N) is 4. The molecule has 1 aliphatic rings. The van der Waals surface area contributed by atoms with Crippen LogP contribution in [0.2, 0.25) is 0 Å². The molecule has 4 rings (SSSR count). The van der Waals surface area contributed by atoms with E-state index in [-0.39, 0.29) is 0 Å². The molecule has 1 atom stereocenters. The predicted octanol–water partition coefficient (Wildman–Crippen LogP) is 3.57. The van der Waals surface area contributed by atoms with Gasteiger partial charge >= 0.3 is 0 Å². The van der Waals surface area contributed by atoms with Crippen molar-refractivity contribution in [1.82, 2.24) is 24.8 Å². The van der Waals surface area contributed by atoms with Crippen LogP contribution in [0.4, 0.5) is 0 Å². The normalized spacial score (nSPS) is 16.0. The van der Waals surface area contributed by atoms with Crippen LogP contribution in [0, 0.1) is 0 Å². The van der Waals surface area contributed by atoms with Crippen LogP contribution in [0.15, 0.2) is 55.1 Å². The van der Waals surface area contributed by atoms with Gasteiger partial charge in [0.05, 0.1) is 23.8 Å². The largest absolute Gasteiger partial charge is 0.355 e. The molecule has 31 heavy (non-hydrogen) atoms. The van der Waals surface area contributed by atoms with Crippen molar-refractivity contribution in [3.05, 3.63) is 83.2 Å². The predicted molar refractivity (Wildman–Crippen MR) is 121 cm³/mol. The molecule has 6 heteroatoms. The third-order valence-electron chi connectivity index (χ3n) is 6.21. The van der Waals surface area contributed by atoms with E-state index in [2.05, 4.69) is 63.2 Å². The first-order valence-corrected chi connectivity index (χ1v) is 11.1. The van der Waals surface area contributed by atoms with Crippen molar-refractivity contribution >= 4 is 6.41 Å².